The smallest absolute Gasteiger partial charge is 0.167 e. The van der Waals surface area contributed by atoms with Crippen molar-refractivity contribution in [2.75, 3.05) is 20.8 Å². The lowest BCUT2D eigenvalue weighted by atomic mass is 9.96. The molecule has 0 spiro atoms. The van der Waals surface area contributed by atoms with Crippen LogP contribution in [0.1, 0.15) is 12.5 Å². The van der Waals surface area contributed by atoms with Gasteiger partial charge in [0.25, 0.3) is 0 Å². The lowest BCUT2D eigenvalue weighted by Crippen LogP contribution is -2.27. The van der Waals surface area contributed by atoms with Gasteiger partial charge in [0.05, 0.1) is 14.2 Å². The fourth-order valence-corrected chi connectivity index (χ4v) is 1.41. The minimum atomic E-state index is -1.61. The molecule has 1 aromatic rings. The van der Waals surface area contributed by atoms with Gasteiger partial charge >= 0.3 is 0 Å². The zero-order valence-corrected chi connectivity index (χ0v) is 9.21. The first-order valence-corrected chi connectivity index (χ1v) is 4.67. The maximum Gasteiger partial charge on any atom is 0.167 e. The second kappa shape index (κ2) is 4.49. The van der Waals surface area contributed by atoms with E-state index in [1.54, 1.807) is 18.2 Å². The van der Waals surface area contributed by atoms with Crippen LogP contribution in [-0.4, -0.2) is 20.8 Å². The predicted molar refractivity (Wildman–Crippen MR) is 57.1 cm³/mol. The molecule has 1 atom stereocenters. The minimum absolute atomic E-state index is 0.101. The summed E-state index contributed by atoms with van der Waals surface area (Å²) in [7, 11) is 2.99. The number of hydrogen-bond acceptors (Lipinski definition) is 3. The second-order valence-electron chi connectivity index (χ2n) is 3.44. The Labute approximate surface area is 89.0 Å². The number of alkyl halides is 1. The minimum Gasteiger partial charge on any atom is -0.493 e. The molecule has 1 unspecified atom stereocenters. The summed E-state index contributed by atoms with van der Waals surface area (Å²) in [6.07, 6.45) is 0. The molecule has 2 N–H and O–H groups in total. The van der Waals surface area contributed by atoms with Crippen molar-refractivity contribution in [3.05, 3.63) is 23.8 Å². The van der Waals surface area contributed by atoms with Crippen LogP contribution in [0.25, 0.3) is 0 Å². The Morgan fingerprint density at radius 2 is 2.00 bits per heavy atom. The molecule has 15 heavy (non-hydrogen) atoms. The van der Waals surface area contributed by atoms with Crippen LogP contribution in [0.3, 0.4) is 0 Å². The van der Waals surface area contributed by atoms with Gasteiger partial charge in [-0.1, -0.05) is 12.1 Å². The molecule has 0 radical (unpaired) electrons. The summed E-state index contributed by atoms with van der Waals surface area (Å²) in [6.45, 7) is 1.32. The first-order chi connectivity index (χ1) is 7.06. The summed E-state index contributed by atoms with van der Waals surface area (Å²) in [4.78, 5) is 0. The average molecular weight is 213 g/mol. The third-order valence-corrected chi connectivity index (χ3v) is 2.35. The van der Waals surface area contributed by atoms with E-state index in [0.29, 0.717) is 17.1 Å². The Kier molecular flexibility index (Phi) is 3.52. The molecule has 3 nitrogen and oxygen atoms in total. The molecular weight excluding hydrogens is 197 g/mol. The fourth-order valence-electron chi connectivity index (χ4n) is 1.41. The Balaban J connectivity index is 3.29. The summed E-state index contributed by atoms with van der Waals surface area (Å²) < 4.78 is 24.3. The third kappa shape index (κ3) is 2.21. The molecule has 0 amide bonds. The van der Waals surface area contributed by atoms with E-state index < -0.39 is 5.67 Å². The predicted octanol–water partition coefficient (Wildman–Crippen LogP) is 1.85. The van der Waals surface area contributed by atoms with E-state index in [1.165, 1.54) is 21.1 Å². The van der Waals surface area contributed by atoms with Gasteiger partial charge < -0.3 is 15.2 Å². The molecule has 1 aromatic carbocycles. The molecule has 4 heteroatoms. The summed E-state index contributed by atoms with van der Waals surface area (Å²) >= 11 is 0. The Morgan fingerprint density at radius 3 is 2.47 bits per heavy atom. The summed E-state index contributed by atoms with van der Waals surface area (Å²) in [5.41, 5.74) is 4.18. The number of benzene rings is 1. The molecule has 1 rings (SSSR count). The van der Waals surface area contributed by atoms with Crippen LogP contribution < -0.4 is 15.2 Å². The van der Waals surface area contributed by atoms with Gasteiger partial charge in [0, 0.05) is 12.1 Å². The largest absolute Gasteiger partial charge is 0.493 e. The normalized spacial score (nSPS) is 14.5. The quantitative estimate of drug-likeness (QED) is 0.830. The highest BCUT2D eigenvalue weighted by Crippen LogP contribution is 2.38. The van der Waals surface area contributed by atoms with Gasteiger partial charge in [0.1, 0.15) is 5.67 Å². The van der Waals surface area contributed by atoms with Gasteiger partial charge in [0.15, 0.2) is 11.5 Å². The molecule has 0 heterocycles. The zero-order valence-electron chi connectivity index (χ0n) is 9.21. The standard InChI is InChI=1S/C11H16FNO2/c1-11(12,7-13)8-5-4-6-9(14-2)10(8)15-3/h4-6H,7,13H2,1-3H3. The molecule has 0 saturated heterocycles. The van der Waals surface area contributed by atoms with E-state index in [1.807, 2.05) is 0 Å². The Morgan fingerprint density at radius 1 is 1.33 bits per heavy atom. The van der Waals surface area contributed by atoms with Gasteiger partial charge in [-0.05, 0) is 13.0 Å². The molecule has 0 aliphatic carbocycles. The number of ether oxygens (including phenoxy) is 2. The van der Waals surface area contributed by atoms with E-state index in [4.69, 9.17) is 15.2 Å². The van der Waals surface area contributed by atoms with Crippen molar-refractivity contribution in [1.29, 1.82) is 0 Å². The zero-order chi connectivity index (χ0) is 11.5. The highest BCUT2D eigenvalue weighted by Gasteiger charge is 2.29. The van der Waals surface area contributed by atoms with Crippen LogP contribution in [0, 0.1) is 0 Å². The second-order valence-corrected chi connectivity index (χ2v) is 3.44. The maximum atomic E-state index is 14.1. The van der Waals surface area contributed by atoms with Crippen LogP contribution in [0.2, 0.25) is 0 Å². The van der Waals surface area contributed by atoms with Crippen LogP contribution >= 0.6 is 0 Å². The molecular formula is C11H16FNO2. The molecule has 0 aromatic heterocycles. The van der Waals surface area contributed by atoms with Crippen LogP contribution in [-0.2, 0) is 5.67 Å². The van der Waals surface area contributed by atoms with Crippen molar-refractivity contribution in [2.45, 2.75) is 12.6 Å². The molecule has 0 bridgehead atoms. The first-order valence-electron chi connectivity index (χ1n) is 4.67. The van der Waals surface area contributed by atoms with Crippen LogP contribution in [0.15, 0.2) is 18.2 Å². The summed E-state index contributed by atoms with van der Waals surface area (Å²) in [5, 5.41) is 0. The van der Waals surface area contributed by atoms with Crippen LogP contribution in [0.4, 0.5) is 4.39 Å². The molecule has 0 fully saturated rings. The van der Waals surface area contributed by atoms with E-state index in [9.17, 15) is 4.39 Å². The van der Waals surface area contributed by atoms with Gasteiger partial charge in [0.2, 0.25) is 0 Å². The topological polar surface area (TPSA) is 44.5 Å². The SMILES string of the molecule is COc1cccc(C(C)(F)CN)c1OC. The van der Waals surface area contributed by atoms with Crippen molar-refractivity contribution >= 4 is 0 Å². The van der Waals surface area contributed by atoms with Crippen molar-refractivity contribution in [1.82, 2.24) is 0 Å². The van der Waals surface area contributed by atoms with Crippen molar-refractivity contribution < 1.29 is 13.9 Å². The van der Waals surface area contributed by atoms with E-state index >= 15 is 0 Å². The molecule has 0 aliphatic heterocycles. The Bertz CT molecular complexity index is 339. The number of hydrogen-bond donors (Lipinski definition) is 1. The van der Waals surface area contributed by atoms with Gasteiger partial charge in [-0.25, -0.2) is 4.39 Å². The lowest BCUT2D eigenvalue weighted by molar-refractivity contribution is 0.194. The molecule has 0 saturated carbocycles. The molecule has 0 aliphatic rings. The number of nitrogens with two attached hydrogens (primary N) is 1. The van der Waals surface area contributed by atoms with Crippen LogP contribution in [0.5, 0.6) is 11.5 Å². The van der Waals surface area contributed by atoms with E-state index in [0.717, 1.165) is 0 Å². The van der Waals surface area contributed by atoms with Crippen molar-refractivity contribution in [3.63, 3.8) is 0 Å². The van der Waals surface area contributed by atoms with E-state index in [2.05, 4.69) is 0 Å². The van der Waals surface area contributed by atoms with Gasteiger partial charge in [-0.3, -0.25) is 0 Å². The summed E-state index contributed by atoms with van der Waals surface area (Å²) in [6, 6.07) is 5.08. The average Bonchev–Trinajstić information content (AvgIpc) is 2.27. The van der Waals surface area contributed by atoms with Crippen molar-refractivity contribution in [3.8, 4) is 11.5 Å². The van der Waals surface area contributed by atoms with Gasteiger partial charge in [-0.15, -0.1) is 0 Å². The van der Waals surface area contributed by atoms with Gasteiger partial charge in [-0.2, -0.15) is 0 Å². The number of halogens is 1. The number of methoxy groups -OCH3 is 2. The van der Waals surface area contributed by atoms with Crippen molar-refractivity contribution in [2.24, 2.45) is 5.73 Å². The van der Waals surface area contributed by atoms with E-state index in [-0.39, 0.29) is 6.54 Å². The first kappa shape index (κ1) is 11.8. The lowest BCUT2D eigenvalue weighted by Gasteiger charge is -2.22. The third-order valence-electron chi connectivity index (χ3n) is 2.35. The number of para-hydroxylation sites is 1. The molecule has 84 valence electrons. The Hall–Kier alpha value is -1.29. The highest BCUT2D eigenvalue weighted by molar-refractivity contribution is 5.49. The fraction of sp³-hybridized carbons (Fsp3) is 0.455. The maximum absolute atomic E-state index is 14.1. The monoisotopic (exact) mass is 213 g/mol. The summed E-state index contributed by atoms with van der Waals surface area (Å²) in [5.74, 6) is 0.905. The number of rotatable bonds is 4. The highest BCUT2D eigenvalue weighted by atomic mass is 19.1.